The maximum absolute atomic E-state index is 11.1. The molecule has 1 fully saturated rings. The number of thiocarbonyl (C=S) groups is 1. The van der Waals surface area contributed by atoms with Crippen molar-refractivity contribution in [3.63, 3.8) is 0 Å². The number of nitrogens with zero attached hydrogens (tertiary/aromatic N) is 1. The van der Waals surface area contributed by atoms with Gasteiger partial charge in [0.25, 0.3) is 0 Å². The van der Waals surface area contributed by atoms with Crippen LogP contribution in [0, 0.1) is 0 Å². The van der Waals surface area contributed by atoms with E-state index < -0.39 is 0 Å². The lowest BCUT2D eigenvalue weighted by Gasteiger charge is -2.35. The predicted octanol–water partition coefficient (Wildman–Crippen LogP) is 2.19. The van der Waals surface area contributed by atoms with E-state index in [0.717, 1.165) is 41.7 Å². The minimum absolute atomic E-state index is 0.0368. The fraction of sp³-hybridized carbons (Fsp3) is 0.429. The summed E-state index contributed by atoms with van der Waals surface area (Å²) >= 11 is 8.66. The molecule has 1 heterocycles. The van der Waals surface area contributed by atoms with E-state index in [0.29, 0.717) is 4.99 Å². The van der Waals surface area contributed by atoms with Gasteiger partial charge in [-0.15, -0.1) is 0 Å². The molecule has 20 heavy (non-hydrogen) atoms. The summed E-state index contributed by atoms with van der Waals surface area (Å²) in [7, 11) is 0. The van der Waals surface area contributed by atoms with Gasteiger partial charge in [0.15, 0.2) is 0 Å². The highest BCUT2D eigenvalue weighted by atomic mass is 79.9. The van der Waals surface area contributed by atoms with E-state index in [1.807, 2.05) is 18.2 Å². The number of hydrogen-bond acceptors (Lipinski definition) is 3. The summed E-state index contributed by atoms with van der Waals surface area (Å²) in [6, 6.07) is 6.24. The molecule has 1 aromatic rings. The average molecular weight is 356 g/mol. The number of rotatable bonds is 3. The molecule has 1 saturated heterocycles. The van der Waals surface area contributed by atoms with Gasteiger partial charge < -0.3 is 16.0 Å². The lowest BCUT2D eigenvalue weighted by Crippen LogP contribution is -2.44. The van der Waals surface area contributed by atoms with Gasteiger partial charge >= 0.3 is 0 Å². The Morgan fingerprint density at radius 3 is 2.65 bits per heavy atom. The van der Waals surface area contributed by atoms with Crippen LogP contribution >= 0.6 is 28.1 Å². The molecule has 0 aromatic heterocycles. The molecule has 0 saturated carbocycles. The molecule has 0 spiro atoms. The Hall–Kier alpha value is -1.14. The van der Waals surface area contributed by atoms with Crippen molar-refractivity contribution in [2.24, 2.45) is 5.73 Å². The molecule has 0 atom stereocenters. The van der Waals surface area contributed by atoms with Crippen LogP contribution in [0.15, 0.2) is 22.7 Å². The number of carbonyl (C=O) groups is 1. The monoisotopic (exact) mass is 355 g/mol. The van der Waals surface area contributed by atoms with Crippen molar-refractivity contribution in [1.82, 2.24) is 5.32 Å². The van der Waals surface area contributed by atoms with E-state index in [2.05, 4.69) is 26.1 Å². The third-order valence-corrected chi connectivity index (χ3v) is 4.35. The number of piperidine rings is 1. The molecule has 0 radical (unpaired) electrons. The molecule has 0 aliphatic carbocycles. The van der Waals surface area contributed by atoms with Crippen molar-refractivity contribution >= 4 is 44.7 Å². The fourth-order valence-electron chi connectivity index (χ4n) is 2.57. The SMILES string of the molecule is CC(=O)NC1CCN(c2cccc(Br)c2C(N)=S)CC1. The first-order valence-corrected chi connectivity index (χ1v) is 7.79. The fourth-order valence-corrected chi connectivity index (χ4v) is 3.49. The van der Waals surface area contributed by atoms with Crippen molar-refractivity contribution in [3.05, 3.63) is 28.2 Å². The first-order valence-electron chi connectivity index (χ1n) is 6.59. The van der Waals surface area contributed by atoms with Crippen LogP contribution in [-0.4, -0.2) is 30.0 Å². The Morgan fingerprint density at radius 1 is 1.45 bits per heavy atom. The highest BCUT2D eigenvalue weighted by Crippen LogP contribution is 2.29. The minimum Gasteiger partial charge on any atom is -0.389 e. The van der Waals surface area contributed by atoms with Gasteiger partial charge in [-0.05, 0) is 40.9 Å². The van der Waals surface area contributed by atoms with Crippen LogP contribution < -0.4 is 16.0 Å². The maximum atomic E-state index is 11.1. The van der Waals surface area contributed by atoms with E-state index >= 15 is 0 Å². The van der Waals surface area contributed by atoms with Crippen LogP contribution in [0.5, 0.6) is 0 Å². The van der Waals surface area contributed by atoms with Crippen LogP contribution in [0.4, 0.5) is 5.69 Å². The summed E-state index contributed by atoms with van der Waals surface area (Å²) < 4.78 is 0.923. The molecule has 0 unspecified atom stereocenters. The van der Waals surface area contributed by atoms with Gasteiger partial charge in [-0.25, -0.2) is 0 Å². The molecule has 1 aliphatic heterocycles. The summed E-state index contributed by atoms with van der Waals surface area (Å²) in [4.78, 5) is 13.8. The van der Waals surface area contributed by atoms with Gasteiger partial charge in [0.1, 0.15) is 4.99 Å². The third-order valence-electron chi connectivity index (χ3n) is 3.48. The highest BCUT2D eigenvalue weighted by Gasteiger charge is 2.22. The van der Waals surface area contributed by atoms with Gasteiger partial charge in [-0.1, -0.05) is 18.3 Å². The normalized spacial score (nSPS) is 16.0. The Kier molecular flexibility index (Phi) is 4.99. The van der Waals surface area contributed by atoms with Gasteiger partial charge in [0.2, 0.25) is 5.91 Å². The highest BCUT2D eigenvalue weighted by molar-refractivity contribution is 9.10. The molecule has 1 aromatic carbocycles. The van der Waals surface area contributed by atoms with E-state index in [4.69, 9.17) is 18.0 Å². The number of amides is 1. The lowest BCUT2D eigenvalue weighted by molar-refractivity contribution is -0.119. The van der Waals surface area contributed by atoms with Crippen molar-refractivity contribution in [3.8, 4) is 0 Å². The van der Waals surface area contributed by atoms with E-state index in [1.165, 1.54) is 0 Å². The van der Waals surface area contributed by atoms with Crippen LogP contribution in [0.25, 0.3) is 0 Å². The second-order valence-corrected chi connectivity index (χ2v) is 6.25. The zero-order valence-corrected chi connectivity index (χ0v) is 13.8. The average Bonchev–Trinajstić information content (AvgIpc) is 2.38. The maximum Gasteiger partial charge on any atom is 0.217 e. The topological polar surface area (TPSA) is 58.4 Å². The first-order chi connectivity index (χ1) is 9.49. The number of nitrogens with two attached hydrogens (primary N) is 1. The Bertz CT molecular complexity index is 527. The molecule has 1 aliphatic rings. The summed E-state index contributed by atoms with van der Waals surface area (Å²) in [5.41, 5.74) is 7.79. The molecule has 1 amide bonds. The first kappa shape index (κ1) is 15.3. The van der Waals surface area contributed by atoms with E-state index in [1.54, 1.807) is 6.92 Å². The molecular weight excluding hydrogens is 338 g/mol. The Labute approximate surface area is 132 Å². The van der Waals surface area contributed by atoms with Crippen molar-refractivity contribution < 1.29 is 4.79 Å². The van der Waals surface area contributed by atoms with Crippen LogP contribution in [0.1, 0.15) is 25.3 Å². The second-order valence-electron chi connectivity index (χ2n) is 4.96. The van der Waals surface area contributed by atoms with Gasteiger partial charge in [0, 0.05) is 41.8 Å². The zero-order valence-electron chi connectivity index (χ0n) is 11.4. The largest absolute Gasteiger partial charge is 0.389 e. The predicted molar refractivity (Wildman–Crippen MR) is 89.1 cm³/mol. The number of benzene rings is 1. The molecule has 0 bridgehead atoms. The third kappa shape index (κ3) is 3.49. The lowest BCUT2D eigenvalue weighted by atomic mass is 10.0. The number of anilines is 1. The standard InChI is InChI=1S/C14H18BrN3OS/c1-9(19)17-10-5-7-18(8-6-10)12-4-2-3-11(15)13(12)14(16)20/h2-4,10H,5-8H2,1H3,(H2,16,20)(H,17,19). The van der Waals surface area contributed by atoms with Crippen molar-refractivity contribution in [2.45, 2.75) is 25.8 Å². The van der Waals surface area contributed by atoms with Crippen LogP contribution in [-0.2, 0) is 4.79 Å². The number of halogens is 1. The summed E-state index contributed by atoms with van der Waals surface area (Å²) in [6.45, 7) is 3.33. The summed E-state index contributed by atoms with van der Waals surface area (Å²) in [6.07, 6.45) is 1.87. The second kappa shape index (κ2) is 6.54. The number of carbonyl (C=O) groups excluding carboxylic acids is 1. The molecule has 4 nitrogen and oxygen atoms in total. The minimum atomic E-state index is 0.0368. The summed E-state index contributed by atoms with van der Waals surface area (Å²) in [5.74, 6) is 0.0368. The molecule has 2 rings (SSSR count). The van der Waals surface area contributed by atoms with E-state index in [9.17, 15) is 4.79 Å². The quantitative estimate of drug-likeness (QED) is 0.816. The Balaban J connectivity index is 2.13. The van der Waals surface area contributed by atoms with Crippen molar-refractivity contribution in [1.29, 1.82) is 0 Å². The number of hydrogen-bond donors (Lipinski definition) is 2. The van der Waals surface area contributed by atoms with E-state index in [-0.39, 0.29) is 11.9 Å². The van der Waals surface area contributed by atoms with Crippen molar-refractivity contribution in [2.75, 3.05) is 18.0 Å². The number of nitrogens with one attached hydrogen (secondary N) is 1. The van der Waals surface area contributed by atoms with Crippen LogP contribution in [0.3, 0.4) is 0 Å². The molecule has 6 heteroatoms. The summed E-state index contributed by atoms with van der Waals surface area (Å²) in [5, 5.41) is 2.98. The van der Waals surface area contributed by atoms with Gasteiger partial charge in [-0.2, -0.15) is 0 Å². The molecule has 108 valence electrons. The Morgan fingerprint density at radius 2 is 2.10 bits per heavy atom. The molecular formula is C14H18BrN3OS. The van der Waals surface area contributed by atoms with Gasteiger partial charge in [0.05, 0.1) is 0 Å². The van der Waals surface area contributed by atoms with Crippen LogP contribution in [0.2, 0.25) is 0 Å². The van der Waals surface area contributed by atoms with Gasteiger partial charge in [-0.3, -0.25) is 4.79 Å². The smallest absolute Gasteiger partial charge is 0.217 e. The zero-order chi connectivity index (χ0) is 14.7. The molecule has 3 N–H and O–H groups in total.